The zero-order chi connectivity index (χ0) is 12.1. The highest BCUT2D eigenvalue weighted by Gasteiger charge is 2.02. The quantitative estimate of drug-likeness (QED) is 0.331. The van der Waals surface area contributed by atoms with E-state index in [9.17, 15) is 0 Å². The Morgan fingerprint density at radius 1 is 1.12 bits per heavy atom. The third kappa shape index (κ3) is 9.72. The molecule has 0 amide bonds. The predicted molar refractivity (Wildman–Crippen MR) is 74.7 cm³/mol. The van der Waals surface area contributed by atoms with Crippen LogP contribution in [0.5, 0.6) is 0 Å². The van der Waals surface area contributed by atoms with E-state index in [0.717, 1.165) is 25.8 Å². The van der Waals surface area contributed by atoms with Crippen LogP contribution in [0.15, 0.2) is 37.0 Å². The van der Waals surface area contributed by atoms with Crippen LogP contribution in [-0.4, -0.2) is 12.6 Å². The van der Waals surface area contributed by atoms with Gasteiger partial charge in [0.15, 0.2) is 0 Å². The van der Waals surface area contributed by atoms with E-state index < -0.39 is 0 Å². The molecular formula is C15H27N. The Hall–Kier alpha value is -0.820. The van der Waals surface area contributed by atoms with Crippen LogP contribution in [0.25, 0.3) is 0 Å². The molecule has 0 rings (SSSR count). The van der Waals surface area contributed by atoms with E-state index in [1.165, 1.54) is 12.8 Å². The molecular weight excluding hydrogens is 194 g/mol. The van der Waals surface area contributed by atoms with E-state index in [0.29, 0.717) is 6.04 Å². The average Bonchev–Trinajstić information content (AvgIpc) is 2.31. The molecule has 0 aliphatic rings. The lowest BCUT2D eigenvalue weighted by atomic mass is 10.1. The summed E-state index contributed by atoms with van der Waals surface area (Å²) in [5.74, 6) is 0. The van der Waals surface area contributed by atoms with Crippen molar-refractivity contribution in [2.45, 2.75) is 52.0 Å². The summed E-state index contributed by atoms with van der Waals surface area (Å²) in [6.07, 6.45) is 16.4. The third-order valence-electron chi connectivity index (χ3n) is 2.59. The van der Waals surface area contributed by atoms with Gasteiger partial charge in [-0.05, 0) is 38.6 Å². The van der Waals surface area contributed by atoms with E-state index in [-0.39, 0.29) is 0 Å². The van der Waals surface area contributed by atoms with Crippen LogP contribution in [0.2, 0.25) is 0 Å². The van der Waals surface area contributed by atoms with Crippen molar-refractivity contribution >= 4 is 0 Å². The minimum Gasteiger partial charge on any atom is -0.314 e. The van der Waals surface area contributed by atoms with E-state index >= 15 is 0 Å². The Morgan fingerprint density at radius 2 is 1.94 bits per heavy atom. The zero-order valence-corrected chi connectivity index (χ0v) is 10.9. The van der Waals surface area contributed by atoms with Crippen molar-refractivity contribution in [2.75, 3.05) is 6.54 Å². The second-order valence-corrected chi connectivity index (χ2v) is 3.97. The standard InChI is InChI=1S/C15H27N/c1-4-7-9-11-13-15(6-3)16-14-12-10-8-5-2/h4,7-10,15-16H,1,5-6,11-14H2,2-3H3/b9-7-,10-8-. The van der Waals surface area contributed by atoms with Gasteiger partial charge in [0.05, 0.1) is 0 Å². The van der Waals surface area contributed by atoms with Crippen LogP contribution in [0.1, 0.15) is 46.0 Å². The maximum Gasteiger partial charge on any atom is 0.00675 e. The first-order chi connectivity index (χ1) is 7.85. The van der Waals surface area contributed by atoms with Crippen molar-refractivity contribution in [1.29, 1.82) is 0 Å². The predicted octanol–water partition coefficient (Wildman–Crippen LogP) is 4.23. The Labute approximate surface area is 101 Å². The largest absolute Gasteiger partial charge is 0.314 e. The summed E-state index contributed by atoms with van der Waals surface area (Å²) in [5.41, 5.74) is 0. The first kappa shape index (κ1) is 15.2. The summed E-state index contributed by atoms with van der Waals surface area (Å²) in [5, 5.41) is 3.59. The Bertz CT molecular complexity index is 203. The molecule has 1 atom stereocenters. The number of hydrogen-bond donors (Lipinski definition) is 1. The van der Waals surface area contributed by atoms with Crippen LogP contribution >= 0.6 is 0 Å². The highest BCUT2D eigenvalue weighted by molar-refractivity contribution is 4.97. The molecule has 0 aliphatic heterocycles. The van der Waals surface area contributed by atoms with Gasteiger partial charge in [0, 0.05) is 6.04 Å². The van der Waals surface area contributed by atoms with Gasteiger partial charge in [0.25, 0.3) is 0 Å². The van der Waals surface area contributed by atoms with Crippen LogP contribution < -0.4 is 5.32 Å². The minimum atomic E-state index is 0.657. The van der Waals surface area contributed by atoms with Gasteiger partial charge in [0.1, 0.15) is 0 Å². The highest BCUT2D eigenvalue weighted by atomic mass is 14.9. The number of nitrogens with one attached hydrogen (secondary N) is 1. The number of allylic oxidation sites excluding steroid dienone is 4. The lowest BCUT2D eigenvalue weighted by molar-refractivity contribution is 0.476. The van der Waals surface area contributed by atoms with Crippen molar-refractivity contribution in [3.63, 3.8) is 0 Å². The van der Waals surface area contributed by atoms with Crippen LogP contribution in [0.4, 0.5) is 0 Å². The molecule has 0 heterocycles. The molecule has 92 valence electrons. The molecule has 0 bridgehead atoms. The normalized spacial score (nSPS) is 13.6. The second-order valence-electron chi connectivity index (χ2n) is 3.97. The van der Waals surface area contributed by atoms with Crippen molar-refractivity contribution in [3.05, 3.63) is 37.0 Å². The maximum atomic E-state index is 3.67. The van der Waals surface area contributed by atoms with Gasteiger partial charge in [-0.25, -0.2) is 0 Å². The number of rotatable bonds is 10. The van der Waals surface area contributed by atoms with Gasteiger partial charge in [0.2, 0.25) is 0 Å². The van der Waals surface area contributed by atoms with Crippen LogP contribution in [-0.2, 0) is 0 Å². The summed E-state index contributed by atoms with van der Waals surface area (Å²) in [6, 6.07) is 0.657. The molecule has 0 saturated carbocycles. The molecule has 0 aliphatic carbocycles. The average molecular weight is 221 g/mol. The second kappa shape index (κ2) is 12.3. The molecule has 0 aromatic heterocycles. The molecule has 0 radical (unpaired) electrons. The maximum absolute atomic E-state index is 3.67. The Kier molecular flexibility index (Phi) is 11.6. The van der Waals surface area contributed by atoms with Crippen LogP contribution in [0, 0.1) is 0 Å². The zero-order valence-electron chi connectivity index (χ0n) is 10.9. The van der Waals surface area contributed by atoms with Gasteiger partial charge in [-0.1, -0.05) is 50.8 Å². The number of hydrogen-bond acceptors (Lipinski definition) is 1. The topological polar surface area (TPSA) is 12.0 Å². The van der Waals surface area contributed by atoms with E-state index in [1.54, 1.807) is 0 Å². The van der Waals surface area contributed by atoms with Crippen molar-refractivity contribution in [1.82, 2.24) is 5.32 Å². The molecule has 0 aromatic rings. The molecule has 1 heteroatoms. The summed E-state index contributed by atoms with van der Waals surface area (Å²) in [6.45, 7) is 9.18. The van der Waals surface area contributed by atoms with E-state index in [2.05, 4.69) is 44.0 Å². The van der Waals surface area contributed by atoms with E-state index in [4.69, 9.17) is 0 Å². The molecule has 1 nitrogen and oxygen atoms in total. The smallest absolute Gasteiger partial charge is 0.00675 e. The van der Waals surface area contributed by atoms with Crippen LogP contribution in [0.3, 0.4) is 0 Å². The molecule has 16 heavy (non-hydrogen) atoms. The first-order valence-electron chi connectivity index (χ1n) is 6.51. The van der Waals surface area contributed by atoms with Gasteiger partial charge < -0.3 is 5.32 Å². The monoisotopic (exact) mass is 221 g/mol. The van der Waals surface area contributed by atoms with Gasteiger partial charge >= 0.3 is 0 Å². The summed E-state index contributed by atoms with van der Waals surface area (Å²) >= 11 is 0. The van der Waals surface area contributed by atoms with Gasteiger partial charge in [-0.15, -0.1) is 0 Å². The summed E-state index contributed by atoms with van der Waals surface area (Å²) in [7, 11) is 0. The Morgan fingerprint density at radius 3 is 2.56 bits per heavy atom. The summed E-state index contributed by atoms with van der Waals surface area (Å²) in [4.78, 5) is 0. The fourth-order valence-electron chi connectivity index (χ4n) is 1.60. The highest BCUT2D eigenvalue weighted by Crippen LogP contribution is 2.02. The Balaban J connectivity index is 3.54. The molecule has 0 saturated heterocycles. The van der Waals surface area contributed by atoms with Crippen molar-refractivity contribution in [3.8, 4) is 0 Å². The SMILES string of the molecule is C=C/C=C\CCC(CC)NCC/C=C\CC. The molecule has 1 N–H and O–H groups in total. The third-order valence-corrected chi connectivity index (χ3v) is 2.59. The minimum absolute atomic E-state index is 0.657. The van der Waals surface area contributed by atoms with E-state index in [1.807, 2.05) is 12.2 Å². The fourth-order valence-corrected chi connectivity index (χ4v) is 1.60. The summed E-state index contributed by atoms with van der Waals surface area (Å²) < 4.78 is 0. The molecule has 0 aromatic carbocycles. The van der Waals surface area contributed by atoms with Crippen molar-refractivity contribution in [2.24, 2.45) is 0 Å². The molecule has 0 spiro atoms. The van der Waals surface area contributed by atoms with Gasteiger partial charge in [-0.2, -0.15) is 0 Å². The van der Waals surface area contributed by atoms with Crippen molar-refractivity contribution < 1.29 is 0 Å². The molecule has 0 fully saturated rings. The molecule has 1 unspecified atom stereocenters. The lowest BCUT2D eigenvalue weighted by Gasteiger charge is -2.15. The fraction of sp³-hybridized carbons (Fsp3) is 0.600. The van der Waals surface area contributed by atoms with Gasteiger partial charge in [-0.3, -0.25) is 0 Å². The first-order valence-corrected chi connectivity index (χ1v) is 6.51. The lowest BCUT2D eigenvalue weighted by Crippen LogP contribution is -2.28.